The van der Waals surface area contributed by atoms with Gasteiger partial charge in [-0.1, -0.05) is 0 Å². The van der Waals surface area contributed by atoms with E-state index in [0.717, 1.165) is 19.0 Å². The number of hydrogen-bond acceptors (Lipinski definition) is 2. The molecule has 2 rings (SSSR count). The first-order valence-corrected chi connectivity index (χ1v) is 6.38. The number of benzene rings is 1. The highest BCUT2D eigenvalue weighted by Crippen LogP contribution is 2.22. The van der Waals surface area contributed by atoms with Gasteiger partial charge in [0.05, 0.1) is 0 Å². The predicted octanol–water partition coefficient (Wildman–Crippen LogP) is 2.71. The monoisotopic (exact) mass is 254 g/mol. The molecule has 3 unspecified atom stereocenters. The Morgan fingerprint density at radius 3 is 2.72 bits per heavy atom. The summed E-state index contributed by atoms with van der Waals surface area (Å²) in [5.74, 6) is -0.743. The van der Waals surface area contributed by atoms with Crippen molar-refractivity contribution >= 4 is 0 Å². The minimum absolute atomic E-state index is 0.176. The molecule has 1 heterocycles. The van der Waals surface area contributed by atoms with E-state index >= 15 is 0 Å². The van der Waals surface area contributed by atoms with E-state index in [9.17, 15) is 8.78 Å². The maximum Gasteiger partial charge on any atom is 0.128 e. The van der Waals surface area contributed by atoms with Crippen LogP contribution in [0.15, 0.2) is 18.2 Å². The lowest BCUT2D eigenvalue weighted by atomic mass is 10.1. The summed E-state index contributed by atoms with van der Waals surface area (Å²) in [6.45, 7) is 5.00. The van der Waals surface area contributed by atoms with Crippen LogP contribution in [0.3, 0.4) is 0 Å². The molecule has 0 saturated carbocycles. The first-order chi connectivity index (χ1) is 8.47. The highest BCUT2D eigenvalue weighted by molar-refractivity contribution is 5.22. The number of rotatable bonds is 3. The molecule has 1 aliphatic heterocycles. The molecular weight excluding hydrogens is 234 g/mol. The van der Waals surface area contributed by atoms with Crippen LogP contribution in [0.4, 0.5) is 8.78 Å². The van der Waals surface area contributed by atoms with Gasteiger partial charge in [0.2, 0.25) is 0 Å². The van der Waals surface area contributed by atoms with Crippen LogP contribution >= 0.6 is 0 Å². The highest BCUT2D eigenvalue weighted by atomic mass is 19.1. The average Bonchev–Trinajstić information content (AvgIpc) is 2.61. The Morgan fingerprint density at radius 2 is 2.11 bits per heavy atom. The third-order valence-electron chi connectivity index (χ3n) is 3.80. The van der Waals surface area contributed by atoms with E-state index in [1.165, 1.54) is 12.1 Å². The van der Waals surface area contributed by atoms with Crippen molar-refractivity contribution in [1.82, 2.24) is 10.2 Å². The van der Waals surface area contributed by atoms with Gasteiger partial charge in [-0.25, -0.2) is 8.78 Å². The van der Waals surface area contributed by atoms with Gasteiger partial charge in [-0.15, -0.1) is 0 Å². The molecule has 0 amide bonds. The second-order valence-corrected chi connectivity index (χ2v) is 5.28. The van der Waals surface area contributed by atoms with Crippen molar-refractivity contribution in [2.24, 2.45) is 0 Å². The van der Waals surface area contributed by atoms with Gasteiger partial charge in [-0.2, -0.15) is 0 Å². The Balaban J connectivity index is 2.04. The van der Waals surface area contributed by atoms with Crippen molar-refractivity contribution in [2.75, 3.05) is 13.6 Å². The molecule has 18 heavy (non-hydrogen) atoms. The molecule has 2 nitrogen and oxygen atoms in total. The predicted molar refractivity (Wildman–Crippen MR) is 68.4 cm³/mol. The molecule has 4 heteroatoms. The van der Waals surface area contributed by atoms with E-state index in [0.29, 0.717) is 17.6 Å². The minimum atomic E-state index is -0.392. The Morgan fingerprint density at radius 1 is 1.39 bits per heavy atom. The lowest BCUT2D eigenvalue weighted by Gasteiger charge is -2.20. The van der Waals surface area contributed by atoms with Crippen molar-refractivity contribution in [2.45, 2.75) is 38.4 Å². The van der Waals surface area contributed by atoms with E-state index in [1.54, 1.807) is 0 Å². The molecule has 0 aromatic heterocycles. The summed E-state index contributed by atoms with van der Waals surface area (Å²) in [5, 5.41) is 3.38. The van der Waals surface area contributed by atoms with Crippen LogP contribution in [-0.2, 0) is 0 Å². The third kappa shape index (κ3) is 2.87. The van der Waals surface area contributed by atoms with Gasteiger partial charge in [0.15, 0.2) is 0 Å². The van der Waals surface area contributed by atoms with Crippen LogP contribution in [0.25, 0.3) is 0 Å². The zero-order chi connectivity index (χ0) is 13.3. The van der Waals surface area contributed by atoms with Crippen LogP contribution in [0.5, 0.6) is 0 Å². The molecule has 1 aromatic carbocycles. The van der Waals surface area contributed by atoms with Gasteiger partial charge in [-0.05, 0) is 45.5 Å². The first kappa shape index (κ1) is 13.4. The van der Waals surface area contributed by atoms with Gasteiger partial charge in [0, 0.05) is 30.2 Å². The summed E-state index contributed by atoms with van der Waals surface area (Å²) in [6.07, 6.45) is 1.04. The van der Waals surface area contributed by atoms with Crippen molar-refractivity contribution in [3.63, 3.8) is 0 Å². The van der Waals surface area contributed by atoms with Gasteiger partial charge >= 0.3 is 0 Å². The fourth-order valence-corrected chi connectivity index (χ4v) is 2.60. The molecule has 100 valence electrons. The zero-order valence-electron chi connectivity index (χ0n) is 11.1. The van der Waals surface area contributed by atoms with E-state index in [-0.39, 0.29) is 11.9 Å². The van der Waals surface area contributed by atoms with Crippen LogP contribution in [0.1, 0.15) is 31.9 Å². The summed E-state index contributed by atoms with van der Waals surface area (Å²) in [6, 6.07) is 4.30. The fourth-order valence-electron chi connectivity index (χ4n) is 2.60. The second kappa shape index (κ2) is 5.33. The van der Waals surface area contributed by atoms with E-state index in [2.05, 4.69) is 24.2 Å². The molecule has 1 saturated heterocycles. The Bertz CT molecular complexity index is 412. The third-order valence-corrected chi connectivity index (χ3v) is 3.80. The smallest absolute Gasteiger partial charge is 0.128 e. The molecule has 1 aromatic rings. The second-order valence-electron chi connectivity index (χ2n) is 5.28. The molecule has 1 aliphatic rings. The van der Waals surface area contributed by atoms with Gasteiger partial charge < -0.3 is 10.2 Å². The van der Waals surface area contributed by atoms with Crippen molar-refractivity contribution in [3.05, 3.63) is 35.4 Å². The van der Waals surface area contributed by atoms with Gasteiger partial charge in [-0.3, -0.25) is 0 Å². The normalized spacial score (nSPS) is 26.5. The summed E-state index contributed by atoms with van der Waals surface area (Å²) >= 11 is 0. The number of hydrogen-bond donors (Lipinski definition) is 1. The van der Waals surface area contributed by atoms with Crippen molar-refractivity contribution < 1.29 is 8.78 Å². The van der Waals surface area contributed by atoms with Crippen LogP contribution in [-0.4, -0.2) is 30.6 Å². The Hall–Kier alpha value is -1.00. The lowest BCUT2D eigenvalue weighted by molar-refractivity contribution is 0.324. The van der Waals surface area contributed by atoms with E-state index < -0.39 is 5.82 Å². The van der Waals surface area contributed by atoms with Gasteiger partial charge in [0.25, 0.3) is 0 Å². The summed E-state index contributed by atoms with van der Waals surface area (Å²) in [4.78, 5) is 2.27. The van der Waals surface area contributed by atoms with Crippen LogP contribution < -0.4 is 5.32 Å². The molecular formula is C14H20F2N2. The first-order valence-electron chi connectivity index (χ1n) is 6.38. The largest absolute Gasteiger partial charge is 0.306 e. The molecule has 1 fully saturated rings. The highest BCUT2D eigenvalue weighted by Gasteiger charge is 2.27. The Labute approximate surface area is 107 Å². The van der Waals surface area contributed by atoms with Crippen molar-refractivity contribution in [1.29, 1.82) is 0 Å². The number of halogens is 2. The number of likely N-dealkylation sites (N-methyl/N-ethyl adjacent to an activating group) is 1. The van der Waals surface area contributed by atoms with Crippen LogP contribution in [0, 0.1) is 11.6 Å². The minimum Gasteiger partial charge on any atom is -0.306 e. The lowest BCUT2D eigenvalue weighted by Crippen LogP contribution is -2.34. The molecule has 0 radical (unpaired) electrons. The molecule has 0 bridgehead atoms. The SMILES string of the molecule is CC(NC1CC(C)N(C)C1)c1cc(F)ccc1F. The van der Waals surface area contributed by atoms with E-state index in [1.807, 2.05) is 6.92 Å². The van der Waals surface area contributed by atoms with Gasteiger partial charge in [0.1, 0.15) is 11.6 Å². The number of likely N-dealkylation sites (tertiary alicyclic amines) is 1. The standard InChI is InChI=1S/C14H20F2N2/c1-9-6-12(8-18(9)3)17-10(2)13-7-11(15)4-5-14(13)16/h4-5,7,9-10,12,17H,6,8H2,1-3H3. The van der Waals surface area contributed by atoms with Crippen molar-refractivity contribution in [3.8, 4) is 0 Å². The maximum atomic E-state index is 13.6. The summed E-state index contributed by atoms with van der Waals surface area (Å²) in [7, 11) is 2.08. The molecule has 1 N–H and O–H groups in total. The summed E-state index contributed by atoms with van der Waals surface area (Å²) < 4.78 is 26.8. The van der Waals surface area contributed by atoms with E-state index in [4.69, 9.17) is 0 Å². The quantitative estimate of drug-likeness (QED) is 0.892. The zero-order valence-corrected chi connectivity index (χ0v) is 11.1. The summed E-state index contributed by atoms with van der Waals surface area (Å²) in [5.41, 5.74) is 0.400. The molecule has 3 atom stereocenters. The number of nitrogens with zero attached hydrogens (tertiary/aromatic N) is 1. The molecule has 0 spiro atoms. The maximum absolute atomic E-state index is 13.6. The average molecular weight is 254 g/mol. The van der Waals surface area contributed by atoms with Crippen LogP contribution in [0.2, 0.25) is 0 Å². The number of nitrogens with one attached hydrogen (secondary N) is 1. The fraction of sp³-hybridized carbons (Fsp3) is 0.571. The molecule has 0 aliphatic carbocycles. The topological polar surface area (TPSA) is 15.3 Å². The Kier molecular flexibility index (Phi) is 3.97.